The Morgan fingerprint density at radius 1 is 1.09 bits per heavy atom. The first kappa shape index (κ1) is 22.6. The maximum absolute atomic E-state index is 12.8. The number of carboxylic acids is 1. The molecule has 3 N–H and O–H groups in total. The van der Waals surface area contributed by atoms with E-state index in [1.807, 2.05) is 36.4 Å². The first-order valence-electron chi connectivity index (χ1n) is 11.6. The number of carboxylic acid groups (broad SMARTS) is 1. The minimum absolute atomic E-state index is 0.0666. The number of rotatable bonds is 8. The molecule has 2 aliphatic rings. The van der Waals surface area contributed by atoms with Gasteiger partial charge in [-0.3, -0.25) is 14.8 Å². The van der Waals surface area contributed by atoms with Gasteiger partial charge in [0.2, 0.25) is 0 Å². The summed E-state index contributed by atoms with van der Waals surface area (Å²) in [6.07, 6.45) is 3.08. The van der Waals surface area contributed by atoms with E-state index in [-0.39, 0.29) is 23.9 Å². The Kier molecular flexibility index (Phi) is 5.98. The lowest BCUT2D eigenvalue weighted by Crippen LogP contribution is -2.41. The second kappa shape index (κ2) is 9.25. The fourth-order valence-corrected chi connectivity index (χ4v) is 4.63. The Morgan fingerprint density at radius 3 is 2.31 bits per heavy atom. The van der Waals surface area contributed by atoms with Gasteiger partial charge in [-0.15, -0.1) is 0 Å². The van der Waals surface area contributed by atoms with Crippen molar-refractivity contribution >= 4 is 23.7 Å². The number of aryl methyl sites for hydroxylation is 1. The second-order valence-electron chi connectivity index (χ2n) is 9.06. The van der Waals surface area contributed by atoms with Crippen LogP contribution in [0.25, 0.3) is 11.1 Å². The molecule has 1 atom stereocenters. The zero-order valence-electron chi connectivity index (χ0n) is 19.2. The Hall–Kier alpha value is -4.14. The Labute approximate surface area is 202 Å². The van der Waals surface area contributed by atoms with Gasteiger partial charge in [0.1, 0.15) is 12.6 Å². The number of ether oxygens (including phenoxy) is 1. The zero-order valence-corrected chi connectivity index (χ0v) is 19.2. The number of nitrogens with one attached hydrogen (secondary N) is 2. The minimum atomic E-state index is -1.09. The van der Waals surface area contributed by atoms with Crippen LogP contribution in [0.15, 0.2) is 54.7 Å². The SMILES string of the molecule is Cn1cc(NC(=O)OCC2c3ccccc3-c3ccccc32)c(C(=O)N[C@@H](CC2CC2)C(=O)O)n1. The van der Waals surface area contributed by atoms with E-state index >= 15 is 0 Å². The minimum Gasteiger partial charge on any atom is -0.480 e. The van der Waals surface area contributed by atoms with Gasteiger partial charge in [-0.1, -0.05) is 61.4 Å². The molecule has 2 aliphatic carbocycles. The number of nitrogens with zero attached hydrogens (tertiary/aromatic N) is 2. The molecule has 9 heteroatoms. The van der Waals surface area contributed by atoms with Gasteiger partial charge in [0.15, 0.2) is 5.69 Å². The van der Waals surface area contributed by atoms with E-state index in [4.69, 9.17) is 4.74 Å². The quantitative estimate of drug-likeness (QED) is 0.457. The van der Waals surface area contributed by atoms with Crippen LogP contribution in [0.1, 0.15) is 46.8 Å². The molecule has 180 valence electrons. The summed E-state index contributed by atoms with van der Waals surface area (Å²) < 4.78 is 6.93. The number of benzene rings is 2. The Morgan fingerprint density at radius 2 is 1.71 bits per heavy atom. The van der Waals surface area contributed by atoms with Crippen molar-refractivity contribution in [1.29, 1.82) is 0 Å². The number of hydrogen-bond acceptors (Lipinski definition) is 5. The Balaban J connectivity index is 1.26. The van der Waals surface area contributed by atoms with Crippen LogP contribution < -0.4 is 10.6 Å². The molecule has 3 aromatic rings. The maximum atomic E-state index is 12.8. The number of fused-ring (bicyclic) bond motifs is 3. The number of anilines is 1. The van der Waals surface area contributed by atoms with Gasteiger partial charge >= 0.3 is 12.1 Å². The standard InChI is InChI=1S/C26H26N4O5/c1-30-13-22(23(29-30)24(31)27-21(25(32)33)12-15-10-11-15)28-26(34)35-14-20-18-8-4-2-6-16(18)17-7-3-5-9-19(17)20/h2-9,13,15,20-21H,10-12,14H2,1H3,(H,27,31)(H,28,34)(H,32,33)/t21-/m0/s1. The van der Waals surface area contributed by atoms with Crippen molar-refractivity contribution in [2.75, 3.05) is 11.9 Å². The van der Waals surface area contributed by atoms with Crippen LogP contribution in [0.2, 0.25) is 0 Å². The Bertz CT molecular complexity index is 1250. The van der Waals surface area contributed by atoms with E-state index in [9.17, 15) is 19.5 Å². The molecule has 0 radical (unpaired) electrons. The van der Waals surface area contributed by atoms with E-state index in [1.54, 1.807) is 7.05 Å². The van der Waals surface area contributed by atoms with Gasteiger partial charge in [0.25, 0.3) is 5.91 Å². The topological polar surface area (TPSA) is 123 Å². The van der Waals surface area contributed by atoms with Gasteiger partial charge in [0.05, 0.1) is 5.69 Å². The zero-order chi connectivity index (χ0) is 24.5. The average molecular weight is 475 g/mol. The summed E-state index contributed by atoms with van der Waals surface area (Å²) in [6, 6.07) is 15.1. The summed E-state index contributed by atoms with van der Waals surface area (Å²) >= 11 is 0. The van der Waals surface area contributed by atoms with Gasteiger partial charge in [-0.05, 0) is 34.6 Å². The molecule has 9 nitrogen and oxygen atoms in total. The molecule has 1 saturated carbocycles. The lowest BCUT2D eigenvalue weighted by Gasteiger charge is -2.15. The fraction of sp³-hybridized carbons (Fsp3) is 0.308. The monoisotopic (exact) mass is 474 g/mol. The lowest BCUT2D eigenvalue weighted by molar-refractivity contribution is -0.139. The van der Waals surface area contributed by atoms with Crippen LogP contribution in [0, 0.1) is 5.92 Å². The summed E-state index contributed by atoms with van der Waals surface area (Å²) in [6.45, 7) is 0.129. The summed E-state index contributed by atoms with van der Waals surface area (Å²) in [5.74, 6) is -1.53. The molecule has 1 heterocycles. The average Bonchev–Trinajstić information content (AvgIpc) is 3.50. The number of aromatic nitrogens is 2. The molecule has 2 amide bonds. The maximum Gasteiger partial charge on any atom is 0.411 e. The van der Waals surface area contributed by atoms with Crippen LogP contribution in [-0.4, -0.2) is 45.5 Å². The van der Waals surface area contributed by atoms with Crippen LogP contribution in [0.5, 0.6) is 0 Å². The third-order valence-electron chi connectivity index (χ3n) is 6.49. The molecule has 1 fully saturated rings. The predicted octanol–water partition coefficient (Wildman–Crippen LogP) is 3.76. The first-order chi connectivity index (χ1) is 16.9. The van der Waals surface area contributed by atoms with Crippen molar-refractivity contribution in [1.82, 2.24) is 15.1 Å². The molecular weight excluding hydrogens is 448 g/mol. The van der Waals surface area contributed by atoms with Crippen molar-refractivity contribution in [2.24, 2.45) is 13.0 Å². The first-order valence-corrected chi connectivity index (χ1v) is 11.6. The normalized spacial score (nSPS) is 15.1. The summed E-state index contributed by atoms with van der Waals surface area (Å²) in [4.78, 5) is 37.0. The van der Waals surface area contributed by atoms with Crippen molar-refractivity contribution in [3.8, 4) is 11.1 Å². The van der Waals surface area contributed by atoms with Crippen LogP contribution in [0.3, 0.4) is 0 Å². The highest BCUT2D eigenvalue weighted by atomic mass is 16.5. The van der Waals surface area contributed by atoms with E-state index in [0.29, 0.717) is 12.3 Å². The molecular formula is C26H26N4O5. The van der Waals surface area contributed by atoms with Crippen molar-refractivity contribution in [3.63, 3.8) is 0 Å². The molecule has 0 spiro atoms. The molecule has 0 aliphatic heterocycles. The molecule has 0 bridgehead atoms. The smallest absolute Gasteiger partial charge is 0.411 e. The van der Waals surface area contributed by atoms with E-state index in [2.05, 4.69) is 27.9 Å². The van der Waals surface area contributed by atoms with Crippen LogP contribution in [-0.2, 0) is 16.6 Å². The lowest BCUT2D eigenvalue weighted by atomic mass is 9.98. The van der Waals surface area contributed by atoms with Crippen LogP contribution >= 0.6 is 0 Å². The van der Waals surface area contributed by atoms with Crippen molar-refractivity contribution < 1.29 is 24.2 Å². The molecule has 1 aromatic heterocycles. The number of hydrogen-bond donors (Lipinski definition) is 3. The molecule has 0 saturated heterocycles. The van der Waals surface area contributed by atoms with Gasteiger partial charge < -0.3 is 15.2 Å². The number of aliphatic carboxylic acids is 1. The molecule has 5 rings (SSSR count). The number of carbonyl (C=O) groups is 3. The third-order valence-corrected chi connectivity index (χ3v) is 6.49. The van der Waals surface area contributed by atoms with Crippen LogP contribution in [0.4, 0.5) is 10.5 Å². The number of amides is 2. The third kappa shape index (κ3) is 4.75. The van der Waals surface area contributed by atoms with E-state index in [1.165, 1.54) is 10.9 Å². The highest BCUT2D eigenvalue weighted by Gasteiger charge is 2.32. The summed E-state index contributed by atoms with van der Waals surface area (Å²) in [5, 5.41) is 18.7. The van der Waals surface area contributed by atoms with Gasteiger partial charge in [-0.25, -0.2) is 9.59 Å². The predicted molar refractivity (Wildman–Crippen MR) is 128 cm³/mol. The fourth-order valence-electron chi connectivity index (χ4n) is 4.63. The van der Waals surface area contributed by atoms with Crippen molar-refractivity contribution in [3.05, 3.63) is 71.5 Å². The van der Waals surface area contributed by atoms with Gasteiger partial charge in [0, 0.05) is 19.2 Å². The number of carbonyl (C=O) groups excluding carboxylic acids is 2. The van der Waals surface area contributed by atoms with Gasteiger partial charge in [-0.2, -0.15) is 5.10 Å². The highest BCUT2D eigenvalue weighted by molar-refractivity contribution is 6.02. The molecule has 2 aromatic carbocycles. The van der Waals surface area contributed by atoms with E-state index in [0.717, 1.165) is 35.1 Å². The summed E-state index contributed by atoms with van der Waals surface area (Å²) in [7, 11) is 1.61. The van der Waals surface area contributed by atoms with E-state index < -0.39 is 24.0 Å². The summed E-state index contributed by atoms with van der Waals surface area (Å²) in [5.41, 5.74) is 4.53. The second-order valence-corrected chi connectivity index (χ2v) is 9.06. The highest BCUT2D eigenvalue weighted by Crippen LogP contribution is 2.44. The van der Waals surface area contributed by atoms with Crippen molar-refractivity contribution in [2.45, 2.75) is 31.2 Å². The molecule has 35 heavy (non-hydrogen) atoms. The molecule has 0 unspecified atom stereocenters. The largest absolute Gasteiger partial charge is 0.480 e.